The van der Waals surface area contributed by atoms with Gasteiger partial charge in [0.15, 0.2) is 17.2 Å². The Hall–Kier alpha value is -3.39. The van der Waals surface area contributed by atoms with Crippen LogP contribution in [0.5, 0.6) is 11.5 Å². The molecule has 1 atom stereocenters. The van der Waals surface area contributed by atoms with Crippen LogP contribution in [0.25, 0.3) is 0 Å². The monoisotopic (exact) mass is 378 g/mol. The number of fused-ring (bicyclic) bond motifs is 2. The number of nitrogens with one attached hydrogen (secondary N) is 1. The van der Waals surface area contributed by atoms with Gasteiger partial charge >= 0.3 is 0 Å². The zero-order valence-corrected chi connectivity index (χ0v) is 15.0. The highest BCUT2D eigenvalue weighted by atomic mass is 16.6. The first-order chi connectivity index (χ1) is 13.8. The van der Waals surface area contributed by atoms with E-state index in [1.807, 2.05) is 30.3 Å². The Morgan fingerprint density at radius 1 is 1.07 bits per heavy atom. The van der Waals surface area contributed by atoms with Crippen molar-refractivity contribution >= 4 is 11.6 Å². The van der Waals surface area contributed by atoms with Crippen LogP contribution < -0.4 is 14.8 Å². The van der Waals surface area contributed by atoms with Crippen molar-refractivity contribution in [2.24, 2.45) is 0 Å². The summed E-state index contributed by atoms with van der Waals surface area (Å²) < 4.78 is 18.7. The minimum absolute atomic E-state index is 0.107. The van der Waals surface area contributed by atoms with Crippen LogP contribution in [0.4, 0.5) is 5.69 Å². The summed E-state index contributed by atoms with van der Waals surface area (Å²) in [5, 5.41) is 11.1. The summed E-state index contributed by atoms with van der Waals surface area (Å²) in [5.41, 5.74) is 2.62. The number of anilines is 1. The molecule has 0 radical (unpaired) electrons. The maximum absolute atomic E-state index is 12.7. The van der Waals surface area contributed by atoms with E-state index in [-0.39, 0.29) is 24.3 Å². The predicted molar refractivity (Wildman–Crippen MR) is 99.4 cm³/mol. The van der Waals surface area contributed by atoms with Gasteiger partial charge in [0.05, 0.1) is 18.8 Å². The molecule has 142 valence electrons. The molecule has 0 fully saturated rings. The fraction of sp³-hybridized carbons (Fsp3) is 0.250. The molecule has 1 amide bonds. The van der Waals surface area contributed by atoms with Gasteiger partial charge in [-0.05, 0) is 17.7 Å². The second-order valence-electron chi connectivity index (χ2n) is 6.59. The third-order valence-electron chi connectivity index (χ3n) is 4.78. The first kappa shape index (κ1) is 16.8. The summed E-state index contributed by atoms with van der Waals surface area (Å²) in [6.07, 6.45) is -0.107. The van der Waals surface area contributed by atoms with Crippen molar-refractivity contribution in [2.45, 2.75) is 19.3 Å². The van der Waals surface area contributed by atoms with E-state index >= 15 is 0 Å². The maximum Gasteiger partial charge on any atom is 0.278 e. The number of ether oxygens (including phenoxy) is 3. The van der Waals surface area contributed by atoms with Gasteiger partial charge in [0, 0.05) is 11.8 Å². The van der Waals surface area contributed by atoms with Crippen LogP contribution in [0.15, 0.2) is 48.5 Å². The molecular formula is C20H18N4O4. The molecule has 5 rings (SSSR count). The average Bonchev–Trinajstić information content (AvgIpc) is 3.18. The van der Waals surface area contributed by atoms with E-state index in [9.17, 15) is 4.79 Å². The van der Waals surface area contributed by atoms with Gasteiger partial charge < -0.3 is 19.5 Å². The Morgan fingerprint density at radius 3 is 2.75 bits per heavy atom. The number of nitrogens with zero attached hydrogens (tertiary/aromatic N) is 3. The molecule has 2 aromatic carbocycles. The molecule has 8 nitrogen and oxygen atoms in total. The average molecular weight is 378 g/mol. The SMILES string of the molecule is O=C(Nc1ccc2c(c1)OCCO2)c1nnn2c1CO[C@@H](c1ccccc1)C2. The van der Waals surface area contributed by atoms with Crippen molar-refractivity contribution < 1.29 is 19.0 Å². The number of rotatable bonds is 3. The van der Waals surface area contributed by atoms with E-state index in [1.54, 1.807) is 22.9 Å². The molecule has 1 N–H and O–H groups in total. The third-order valence-corrected chi connectivity index (χ3v) is 4.78. The van der Waals surface area contributed by atoms with Gasteiger partial charge in [-0.2, -0.15) is 0 Å². The summed E-state index contributed by atoms with van der Waals surface area (Å²) in [6, 6.07) is 15.2. The molecular weight excluding hydrogens is 360 g/mol. The van der Waals surface area contributed by atoms with Crippen molar-refractivity contribution in [2.75, 3.05) is 18.5 Å². The number of carbonyl (C=O) groups excluding carboxylic acids is 1. The fourth-order valence-corrected chi connectivity index (χ4v) is 3.37. The highest BCUT2D eigenvalue weighted by Crippen LogP contribution is 2.33. The Bertz CT molecular complexity index is 1020. The summed E-state index contributed by atoms with van der Waals surface area (Å²) in [7, 11) is 0. The van der Waals surface area contributed by atoms with Gasteiger partial charge in [0.1, 0.15) is 19.3 Å². The lowest BCUT2D eigenvalue weighted by Crippen LogP contribution is -2.24. The predicted octanol–water partition coefficient (Wildman–Crippen LogP) is 2.57. The smallest absolute Gasteiger partial charge is 0.278 e. The molecule has 0 saturated carbocycles. The molecule has 2 aliphatic heterocycles. The second-order valence-corrected chi connectivity index (χ2v) is 6.59. The number of benzene rings is 2. The van der Waals surface area contributed by atoms with E-state index in [1.165, 1.54) is 0 Å². The molecule has 3 aromatic rings. The van der Waals surface area contributed by atoms with Gasteiger partial charge in [-0.1, -0.05) is 35.5 Å². The zero-order chi connectivity index (χ0) is 18.9. The summed E-state index contributed by atoms with van der Waals surface area (Å²) in [4.78, 5) is 12.7. The highest BCUT2D eigenvalue weighted by molar-refractivity contribution is 6.03. The summed E-state index contributed by atoms with van der Waals surface area (Å²) >= 11 is 0. The third kappa shape index (κ3) is 3.07. The molecule has 1 aromatic heterocycles. The van der Waals surface area contributed by atoms with Crippen LogP contribution in [-0.4, -0.2) is 34.1 Å². The topological polar surface area (TPSA) is 87.5 Å². The van der Waals surface area contributed by atoms with Gasteiger partial charge in [-0.3, -0.25) is 4.79 Å². The zero-order valence-electron chi connectivity index (χ0n) is 15.0. The number of hydrogen-bond donors (Lipinski definition) is 1. The van der Waals surface area contributed by atoms with Crippen LogP contribution in [0.3, 0.4) is 0 Å². The Balaban J connectivity index is 1.33. The number of hydrogen-bond acceptors (Lipinski definition) is 6. The molecule has 0 bridgehead atoms. The van der Waals surface area contributed by atoms with E-state index in [2.05, 4.69) is 15.6 Å². The molecule has 0 unspecified atom stereocenters. The minimum atomic E-state index is -0.334. The molecule has 28 heavy (non-hydrogen) atoms. The second kappa shape index (κ2) is 6.97. The van der Waals surface area contributed by atoms with Gasteiger partial charge in [0.25, 0.3) is 5.91 Å². The van der Waals surface area contributed by atoms with Crippen molar-refractivity contribution in [3.8, 4) is 11.5 Å². The van der Waals surface area contributed by atoms with Crippen LogP contribution in [0.2, 0.25) is 0 Å². The van der Waals surface area contributed by atoms with Crippen LogP contribution in [-0.2, 0) is 17.9 Å². The van der Waals surface area contributed by atoms with Crippen LogP contribution in [0.1, 0.15) is 27.8 Å². The summed E-state index contributed by atoms with van der Waals surface area (Å²) in [5.74, 6) is 0.952. The van der Waals surface area contributed by atoms with E-state index in [0.29, 0.717) is 42.6 Å². The fourth-order valence-electron chi connectivity index (χ4n) is 3.37. The van der Waals surface area contributed by atoms with Crippen LogP contribution >= 0.6 is 0 Å². The van der Waals surface area contributed by atoms with Crippen molar-refractivity contribution in [3.05, 3.63) is 65.5 Å². The molecule has 0 saturated heterocycles. The molecule has 0 aliphatic carbocycles. The quantitative estimate of drug-likeness (QED) is 0.754. The lowest BCUT2D eigenvalue weighted by Gasteiger charge is -2.24. The molecule has 3 heterocycles. The first-order valence-corrected chi connectivity index (χ1v) is 9.08. The highest BCUT2D eigenvalue weighted by Gasteiger charge is 2.27. The van der Waals surface area contributed by atoms with Gasteiger partial charge in [-0.15, -0.1) is 5.10 Å². The Morgan fingerprint density at radius 2 is 1.89 bits per heavy atom. The van der Waals surface area contributed by atoms with Crippen LogP contribution in [0, 0.1) is 0 Å². The van der Waals surface area contributed by atoms with Gasteiger partial charge in [-0.25, -0.2) is 4.68 Å². The van der Waals surface area contributed by atoms with Crippen molar-refractivity contribution in [1.82, 2.24) is 15.0 Å². The first-order valence-electron chi connectivity index (χ1n) is 9.08. The minimum Gasteiger partial charge on any atom is -0.486 e. The standard InChI is InChI=1S/C20H18N4O4/c25-20(21-14-6-7-16-17(10-14)27-9-8-26-16)19-15-12-28-18(11-24(15)23-22-19)13-4-2-1-3-5-13/h1-7,10,18H,8-9,11-12H2,(H,21,25)/t18-/m1/s1. The normalized spacial score (nSPS) is 17.6. The van der Waals surface area contributed by atoms with Gasteiger partial charge in [0.2, 0.25) is 0 Å². The lowest BCUT2D eigenvalue weighted by molar-refractivity contribution is -0.00171. The molecule has 0 spiro atoms. The van der Waals surface area contributed by atoms with E-state index < -0.39 is 0 Å². The lowest BCUT2D eigenvalue weighted by atomic mass is 10.1. The largest absolute Gasteiger partial charge is 0.486 e. The Kier molecular flexibility index (Phi) is 4.17. The van der Waals surface area contributed by atoms with E-state index in [0.717, 1.165) is 5.56 Å². The summed E-state index contributed by atoms with van der Waals surface area (Å²) in [6.45, 7) is 1.80. The van der Waals surface area contributed by atoms with E-state index in [4.69, 9.17) is 14.2 Å². The molecule has 2 aliphatic rings. The Labute approximate surface area is 161 Å². The number of amides is 1. The number of carbonyl (C=O) groups is 1. The van der Waals surface area contributed by atoms with Crippen molar-refractivity contribution in [1.29, 1.82) is 0 Å². The maximum atomic E-state index is 12.7. The van der Waals surface area contributed by atoms with Crippen molar-refractivity contribution in [3.63, 3.8) is 0 Å². The molecule has 8 heteroatoms. The number of aromatic nitrogens is 3.